The number of fused-ring (bicyclic) bond motifs is 1. The first-order chi connectivity index (χ1) is 9.10. The summed E-state index contributed by atoms with van der Waals surface area (Å²) in [6.45, 7) is 3.95. The van der Waals surface area contributed by atoms with Gasteiger partial charge in [-0.25, -0.2) is 4.98 Å². The maximum absolute atomic E-state index is 11.7. The Hall–Kier alpha value is -1.83. The predicted molar refractivity (Wildman–Crippen MR) is 73.1 cm³/mol. The third kappa shape index (κ3) is 3.34. The van der Waals surface area contributed by atoms with Crippen LogP contribution in [0.25, 0.3) is 11.0 Å². The molecule has 2 rings (SSSR count). The molecule has 1 atom stereocenters. The van der Waals surface area contributed by atoms with Crippen LogP contribution in [0.15, 0.2) is 16.1 Å². The monoisotopic (exact) mass is 281 g/mol. The summed E-state index contributed by atoms with van der Waals surface area (Å²) < 4.78 is 0. The normalized spacial score (nSPS) is 12.5. The molecule has 2 aromatic heterocycles. The lowest BCUT2D eigenvalue weighted by atomic mass is 10.3. The summed E-state index contributed by atoms with van der Waals surface area (Å²) in [6.07, 6.45) is 2.30. The molecule has 7 nitrogen and oxygen atoms in total. The molecule has 0 spiro atoms. The molecule has 0 saturated heterocycles. The first-order valence-corrected chi connectivity index (χ1v) is 6.94. The number of carbonyl (C=O) groups excluding carboxylic acids is 1. The number of amides is 1. The van der Waals surface area contributed by atoms with Crippen LogP contribution in [0.5, 0.6) is 0 Å². The average Bonchev–Trinajstić information content (AvgIpc) is 2.85. The van der Waals surface area contributed by atoms with E-state index < -0.39 is 0 Å². The Morgan fingerprint density at radius 2 is 2.37 bits per heavy atom. The van der Waals surface area contributed by atoms with E-state index in [2.05, 4.69) is 25.5 Å². The maximum Gasteiger partial charge on any atom is 0.262 e. The second-order valence-corrected chi connectivity index (χ2v) is 5.13. The molecule has 102 valence electrons. The van der Waals surface area contributed by atoms with Crippen LogP contribution < -0.4 is 10.9 Å². The molecular formula is C11H15N5O2S. The van der Waals surface area contributed by atoms with Crippen molar-refractivity contribution in [2.24, 2.45) is 0 Å². The summed E-state index contributed by atoms with van der Waals surface area (Å²) in [6, 6.07) is 0.148. The number of nitrogens with one attached hydrogen (secondary N) is 3. The maximum atomic E-state index is 11.7. The zero-order chi connectivity index (χ0) is 13.8. The van der Waals surface area contributed by atoms with Crippen molar-refractivity contribution in [1.29, 1.82) is 0 Å². The molecule has 3 N–H and O–H groups in total. The van der Waals surface area contributed by atoms with Crippen molar-refractivity contribution in [2.45, 2.75) is 31.5 Å². The highest BCUT2D eigenvalue weighted by Crippen LogP contribution is 2.12. The Bertz CT molecular complexity index is 635. The molecule has 0 unspecified atom stereocenters. The molecule has 2 aromatic rings. The molecule has 0 aliphatic carbocycles. The number of carbonyl (C=O) groups is 1. The number of hydrogen-bond acceptors (Lipinski definition) is 5. The lowest BCUT2D eigenvalue weighted by Crippen LogP contribution is -2.33. The zero-order valence-electron chi connectivity index (χ0n) is 10.7. The molecule has 0 bridgehead atoms. The molecule has 0 saturated carbocycles. The van der Waals surface area contributed by atoms with Gasteiger partial charge >= 0.3 is 0 Å². The van der Waals surface area contributed by atoms with E-state index in [1.54, 1.807) is 0 Å². The van der Waals surface area contributed by atoms with Crippen LogP contribution in [0.2, 0.25) is 0 Å². The van der Waals surface area contributed by atoms with Crippen molar-refractivity contribution in [3.63, 3.8) is 0 Å². The number of aromatic nitrogens is 4. The SMILES string of the molecule is CC[C@@H](C)NC(=O)CSc1nc2[nH]ncc2c(=O)[nH]1. The third-order valence-electron chi connectivity index (χ3n) is 2.66. The fourth-order valence-electron chi connectivity index (χ4n) is 1.45. The van der Waals surface area contributed by atoms with Crippen LogP contribution in [-0.4, -0.2) is 37.9 Å². The molecule has 0 fully saturated rings. The first-order valence-electron chi connectivity index (χ1n) is 5.95. The first kappa shape index (κ1) is 13.6. The van der Waals surface area contributed by atoms with Gasteiger partial charge in [-0.3, -0.25) is 14.7 Å². The van der Waals surface area contributed by atoms with Crippen LogP contribution in [0.3, 0.4) is 0 Å². The topological polar surface area (TPSA) is 104 Å². The van der Waals surface area contributed by atoms with E-state index in [9.17, 15) is 9.59 Å². The van der Waals surface area contributed by atoms with Gasteiger partial charge in [0.25, 0.3) is 5.56 Å². The highest BCUT2D eigenvalue weighted by Gasteiger charge is 2.09. The highest BCUT2D eigenvalue weighted by molar-refractivity contribution is 7.99. The Labute approximate surface area is 113 Å². The van der Waals surface area contributed by atoms with Crippen LogP contribution in [-0.2, 0) is 4.79 Å². The van der Waals surface area contributed by atoms with Gasteiger partial charge in [-0.05, 0) is 13.3 Å². The van der Waals surface area contributed by atoms with Gasteiger partial charge in [0.1, 0.15) is 5.39 Å². The zero-order valence-corrected chi connectivity index (χ0v) is 11.5. The number of thioether (sulfide) groups is 1. The standard InChI is InChI=1S/C11H15N5O2S/c1-3-6(2)13-8(17)5-19-11-14-9-7(4-12-16-9)10(18)15-11/h4,6H,3,5H2,1-2H3,(H,13,17)(H2,12,14,15,16,18)/t6-/m1/s1. The molecule has 0 aliphatic rings. The van der Waals surface area contributed by atoms with Gasteiger partial charge in [-0.2, -0.15) is 5.10 Å². The lowest BCUT2D eigenvalue weighted by Gasteiger charge is -2.10. The van der Waals surface area contributed by atoms with E-state index in [1.807, 2.05) is 13.8 Å². The Balaban J connectivity index is 2.02. The van der Waals surface area contributed by atoms with Crippen molar-refractivity contribution in [3.05, 3.63) is 16.6 Å². The molecule has 0 aliphatic heterocycles. The second-order valence-electron chi connectivity index (χ2n) is 4.17. The minimum Gasteiger partial charge on any atom is -0.353 e. The van der Waals surface area contributed by atoms with Gasteiger partial charge in [0.15, 0.2) is 10.8 Å². The predicted octanol–water partition coefficient (Wildman–Crippen LogP) is 0.653. The van der Waals surface area contributed by atoms with Crippen LogP contribution >= 0.6 is 11.8 Å². The number of rotatable bonds is 5. The summed E-state index contributed by atoms with van der Waals surface area (Å²) >= 11 is 1.19. The van der Waals surface area contributed by atoms with Gasteiger partial charge in [0.05, 0.1) is 11.9 Å². The van der Waals surface area contributed by atoms with E-state index in [-0.39, 0.29) is 23.3 Å². The van der Waals surface area contributed by atoms with Crippen molar-refractivity contribution in [1.82, 2.24) is 25.5 Å². The number of H-pyrrole nitrogens is 2. The fourth-order valence-corrected chi connectivity index (χ4v) is 2.12. The van der Waals surface area contributed by atoms with Crippen LogP contribution in [0.1, 0.15) is 20.3 Å². The average molecular weight is 281 g/mol. The summed E-state index contributed by atoms with van der Waals surface area (Å²) in [5.41, 5.74) is 0.164. The second kappa shape index (κ2) is 5.87. The van der Waals surface area contributed by atoms with Gasteiger partial charge in [0.2, 0.25) is 5.91 Å². The number of hydrogen-bond donors (Lipinski definition) is 3. The van der Waals surface area contributed by atoms with Crippen LogP contribution in [0, 0.1) is 0 Å². The van der Waals surface area contributed by atoms with E-state index in [0.29, 0.717) is 16.2 Å². The minimum atomic E-state index is -0.261. The fraction of sp³-hybridized carbons (Fsp3) is 0.455. The van der Waals surface area contributed by atoms with Crippen molar-refractivity contribution < 1.29 is 4.79 Å². The van der Waals surface area contributed by atoms with E-state index in [1.165, 1.54) is 18.0 Å². The van der Waals surface area contributed by atoms with Gasteiger partial charge in [-0.1, -0.05) is 18.7 Å². The lowest BCUT2D eigenvalue weighted by molar-refractivity contribution is -0.119. The van der Waals surface area contributed by atoms with Crippen molar-refractivity contribution in [3.8, 4) is 0 Å². The smallest absolute Gasteiger partial charge is 0.262 e. The summed E-state index contributed by atoms with van der Waals surface area (Å²) in [5.74, 6) is 0.138. The molecule has 8 heteroatoms. The van der Waals surface area contributed by atoms with Gasteiger partial charge < -0.3 is 10.3 Å². The van der Waals surface area contributed by atoms with Crippen molar-refractivity contribution >= 4 is 28.7 Å². The highest BCUT2D eigenvalue weighted by atomic mass is 32.2. The Kier molecular flexibility index (Phi) is 4.20. The van der Waals surface area contributed by atoms with Crippen molar-refractivity contribution in [2.75, 3.05) is 5.75 Å². The van der Waals surface area contributed by atoms with Gasteiger partial charge in [-0.15, -0.1) is 0 Å². The summed E-state index contributed by atoms with van der Waals surface area (Å²) in [5, 5.41) is 10.0. The largest absolute Gasteiger partial charge is 0.353 e. The number of nitrogens with zero attached hydrogens (tertiary/aromatic N) is 2. The third-order valence-corrected chi connectivity index (χ3v) is 3.53. The molecule has 2 heterocycles. The molecule has 0 aromatic carbocycles. The Morgan fingerprint density at radius 3 is 3.11 bits per heavy atom. The molecule has 19 heavy (non-hydrogen) atoms. The van der Waals surface area contributed by atoms with E-state index >= 15 is 0 Å². The van der Waals surface area contributed by atoms with Crippen LogP contribution in [0.4, 0.5) is 0 Å². The van der Waals surface area contributed by atoms with E-state index in [0.717, 1.165) is 6.42 Å². The van der Waals surface area contributed by atoms with Gasteiger partial charge in [0, 0.05) is 6.04 Å². The quantitative estimate of drug-likeness (QED) is 0.551. The summed E-state index contributed by atoms with van der Waals surface area (Å²) in [7, 11) is 0. The number of aromatic amines is 2. The summed E-state index contributed by atoms with van der Waals surface area (Å²) in [4.78, 5) is 30.1. The Morgan fingerprint density at radius 1 is 1.58 bits per heavy atom. The van der Waals surface area contributed by atoms with E-state index in [4.69, 9.17) is 0 Å². The molecule has 1 amide bonds. The molecular weight excluding hydrogens is 266 g/mol. The minimum absolute atomic E-state index is 0.0771. The molecule has 0 radical (unpaired) electrons.